The van der Waals surface area contributed by atoms with Crippen molar-refractivity contribution < 1.29 is 104 Å². The number of aliphatic hydroxyl groups is 3. The van der Waals surface area contributed by atoms with Crippen LogP contribution in [0.3, 0.4) is 0 Å². The SMILES string of the molecule is O=C(Nc1cc(F)c(F)c(F)c1)c1ccc(F)c(S(=O)(=O)N2CCCC(O)CC2)c1.O=C(Nc1cc(F)c(F)c(F)c1)c1ccc(F)c(S(=O)(=O)N2CCOCC(O)(C3CC3)C2)c1.O=C(Nc1ccc(F)c(Cl)c1)c1ccc(F)c(S(=O)(=O)N2CCC[C@@H](O)CC2)c1. The van der Waals surface area contributed by atoms with Crippen LogP contribution in [0.5, 0.6) is 0 Å². The van der Waals surface area contributed by atoms with E-state index in [2.05, 4.69) is 16.0 Å². The van der Waals surface area contributed by atoms with E-state index in [9.17, 15) is 98.9 Å². The van der Waals surface area contributed by atoms with Crippen molar-refractivity contribution in [1.82, 2.24) is 12.9 Å². The number of nitrogens with one attached hydrogen (secondary N) is 3. The Kier molecular flexibility index (Phi) is 22.7. The van der Waals surface area contributed by atoms with E-state index < -0.39 is 150 Å². The van der Waals surface area contributed by atoms with E-state index in [0.29, 0.717) is 49.9 Å². The maximum Gasteiger partial charge on any atom is 0.255 e. The van der Waals surface area contributed by atoms with E-state index in [4.69, 9.17) is 16.3 Å². The average Bonchev–Trinajstić information content (AvgIpc) is 1.43. The highest BCUT2D eigenvalue weighted by atomic mass is 35.5. The fourth-order valence-electron chi connectivity index (χ4n) is 9.89. The first-order chi connectivity index (χ1) is 43.3. The molecule has 4 aliphatic rings. The number of β-amino-alcohol motifs (C(OH)–C–C–N with tert-alkyl or cyclic N) is 1. The molecule has 10 rings (SSSR count). The molecule has 1 aliphatic carbocycles. The second-order valence-corrected chi connectivity index (χ2v) is 27.8. The third-order valence-corrected chi connectivity index (χ3v) is 21.0. The standard InChI is InChI=1S/C21H20F4N2O5S.C19H19ClF2N2O4S.C19H18F4N2O4S/c22-15-4-1-12(20(28)26-14-8-16(23)19(25)17(24)9-14)7-18(15)33(30,31)27-5-6-32-11-21(29,10-27)13-2-3-13;20-15-11-13(4-6-16(15)21)23-19(26)12-3-5-17(22)18(10-12)29(27,28)24-8-1-2-14(25)7-9-24;20-14-4-3-11(19(27)24-12-9-15(21)18(23)16(22)10-12)8-17(14)30(28,29)25-6-1-2-13(26)5-7-25/h1,4,7-9,13,29H,2-3,5-6,10-11H2,(H,26,28);3-6,10-11,14,25H,1-2,7-9H2,(H,23,26);3-4,8-10,13,26H,1-2,5-7H2,(H,24,27)/t;14-;/m.1./s1. The van der Waals surface area contributed by atoms with E-state index in [-0.39, 0.29) is 98.6 Å². The van der Waals surface area contributed by atoms with Gasteiger partial charge in [0, 0.05) is 97.3 Å². The van der Waals surface area contributed by atoms with Crippen LogP contribution in [0, 0.1) is 64.1 Å². The Hall–Kier alpha value is -7.11. The molecule has 3 saturated heterocycles. The topological polar surface area (TPSA) is 269 Å². The van der Waals surface area contributed by atoms with Gasteiger partial charge in [-0.2, -0.15) is 12.9 Å². The second kappa shape index (κ2) is 29.5. The lowest BCUT2D eigenvalue weighted by atomic mass is 9.99. The molecule has 3 aliphatic heterocycles. The highest BCUT2D eigenvalue weighted by Gasteiger charge is 2.48. The largest absolute Gasteiger partial charge is 0.393 e. The molecule has 3 amide bonds. The van der Waals surface area contributed by atoms with Gasteiger partial charge >= 0.3 is 0 Å². The van der Waals surface area contributed by atoms with Crippen LogP contribution in [-0.4, -0.2) is 142 Å². The van der Waals surface area contributed by atoms with Crippen molar-refractivity contribution in [2.24, 2.45) is 5.92 Å². The minimum Gasteiger partial charge on any atom is -0.393 e. The molecular weight excluding hydrogens is 1320 g/mol. The molecule has 0 radical (unpaired) electrons. The summed E-state index contributed by atoms with van der Waals surface area (Å²) < 4.78 is 222. The number of benzene rings is 6. The lowest BCUT2D eigenvalue weighted by molar-refractivity contribution is -0.0478. The Labute approximate surface area is 525 Å². The summed E-state index contributed by atoms with van der Waals surface area (Å²) in [6.07, 6.45) is 2.39. The number of ether oxygens (including phenoxy) is 1. The van der Waals surface area contributed by atoms with Crippen molar-refractivity contribution in [1.29, 1.82) is 0 Å². The average molecular weight is 1380 g/mol. The maximum atomic E-state index is 14.6. The molecule has 0 spiro atoms. The van der Waals surface area contributed by atoms with Crippen molar-refractivity contribution in [2.45, 2.75) is 83.9 Å². The molecule has 4 fully saturated rings. The molecule has 6 N–H and O–H groups in total. The minimum atomic E-state index is -4.47. The first-order valence-corrected chi connectivity index (χ1v) is 32.7. The summed E-state index contributed by atoms with van der Waals surface area (Å²) >= 11 is 5.68. The van der Waals surface area contributed by atoms with Gasteiger partial charge in [0.25, 0.3) is 17.7 Å². The molecule has 2 unspecified atom stereocenters. The number of anilines is 3. The predicted octanol–water partition coefficient (Wildman–Crippen LogP) is 9.09. The van der Waals surface area contributed by atoms with E-state index in [1.165, 1.54) is 12.1 Å². The molecule has 496 valence electrons. The highest BCUT2D eigenvalue weighted by Crippen LogP contribution is 2.42. The van der Waals surface area contributed by atoms with Gasteiger partial charge in [-0.15, -0.1) is 0 Å². The lowest BCUT2D eigenvalue weighted by Gasteiger charge is -2.30. The smallest absolute Gasteiger partial charge is 0.255 e. The van der Waals surface area contributed by atoms with Crippen molar-refractivity contribution in [3.8, 4) is 0 Å². The van der Waals surface area contributed by atoms with Gasteiger partial charge in [0.15, 0.2) is 34.9 Å². The molecule has 0 aromatic heterocycles. The van der Waals surface area contributed by atoms with Gasteiger partial charge in [-0.1, -0.05) is 11.6 Å². The Bertz CT molecular complexity index is 4100. The molecule has 3 heterocycles. The van der Waals surface area contributed by atoms with Gasteiger partial charge in [0.1, 0.15) is 43.6 Å². The molecule has 6 aromatic rings. The Morgan fingerprint density at radius 2 is 0.826 bits per heavy atom. The van der Waals surface area contributed by atoms with Crippen LogP contribution >= 0.6 is 11.6 Å². The summed E-state index contributed by atoms with van der Waals surface area (Å²) in [6, 6.07) is 14.0. The minimum absolute atomic E-state index is 0.00223. The number of aliphatic hydroxyl groups excluding tert-OH is 2. The summed E-state index contributed by atoms with van der Waals surface area (Å²) in [5.74, 6) is -16.1. The predicted molar refractivity (Wildman–Crippen MR) is 312 cm³/mol. The molecule has 19 nitrogen and oxygen atoms in total. The van der Waals surface area contributed by atoms with E-state index in [1.807, 2.05) is 0 Å². The van der Waals surface area contributed by atoms with E-state index in [1.54, 1.807) is 0 Å². The zero-order valence-corrected chi connectivity index (χ0v) is 51.1. The lowest BCUT2D eigenvalue weighted by Crippen LogP contribution is -2.48. The summed E-state index contributed by atoms with van der Waals surface area (Å²) in [5.41, 5.74) is -2.68. The van der Waals surface area contributed by atoms with Crippen LogP contribution < -0.4 is 16.0 Å². The number of nitrogens with zero attached hydrogens (tertiary/aromatic N) is 3. The van der Waals surface area contributed by atoms with Crippen molar-refractivity contribution in [3.63, 3.8) is 0 Å². The fraction of sp³-hybridized carbons (Fsp3) is 0.339. The first-order valence-electron chi connectivity index (χ1n) is 28.0. The van der Waals surface area contributed by atoms with Crippen molar-refractivity contribution in [3.05, 3.63) is 177 Å². The molecule has 92 heavy (non-hydrogen) atoms. The molecule has 0 bridgehead atoms. The number of hydrogen-bond acceptors (Lipinski definition) is 13. The number of carbonyl (C=O) groups is 3. The Morgan fingerprint density at radius 3 is 1.21 bits per heavy atom. The van der Waals surface area contributed by atoms with E-state index in [0.717, 1.165) is 86.4 Å². The number of sulfonamides is 3. The monoisotopic (exact) mass is 1380 g/mol. The maximum absolute atomic E-state index is 14.6. The molecule has 6 aromatic carbocycles. The van der Waals surface area contributed by atoms with Gasteiger partial charge in [-0.3, -0.25) is 14.4 Å². The van der Waals surface area contributed by atoms with Crippen LogP contribution in [0.4, 0.5) is 61.0 Å². The van der Waals surface area contributed by atoms with Gasteiger partial charge in [0.05, 0.1) is 30.4 Å². The van der Waals surface area contributed by atoms with Crippen molar-refractivity contribution >= 4 is 76.5 Å². The van der Waals surface area contributed by atoms with Crippen LogP contribution in [0.1, 0.15) is 82.4 Å². The summed E-state index contributed by atoms with van der Waals surface area (Å²) in [6.45, 7) is -0.157. The molecular formula is C59H57ClF10N6O13S3. The van der Waals surface area contributed by atoms with Crippen LogP contribution in [0.2, 0.25) is 5.02 Å². The van der Waals surface area contributed by atoms with Crippen LogP contribution in [-0.2, 0) is 34.8 Å². The third kappa shape index (κ3) is 17.0. The Balaban J connectivity index is 0.000000178. The summed E-state index contributed by atoms with van der Waals surface area (Å²) in [4.78, 5) is 35.2. The van der Waals surface area contributed by atoms with Gasteiger partial charge in [0.2, 0.25) is 30.1 Å². The number of carbonyl (C=O) groups excluding carboxylic acids is 3. The highest BCUT2D eigenvalue weighted by molar-refractivity contribution is 7.89. The number of hydrogen-bond donors (Lipinski definition) is 6. The van der Waals surface area contributed by atoms with E-state index >= 15 is 0 Å². The van der Waals surface area contributed by atoms with Gasteiger partial charge < -0.3 is 36.0 Å². The molecule has 1 saturated carbocycles. The quantitative estimate of drug-likeness (QED) is 0.0466. The van der Waals surface area contributed by atoms with Gasteiger partial charge in [-0.25, -0.2) is 69.2 Å². The normalized spacial score (nSPS) is 19.6. The summed E-state index contributed by atoms with van der Waals surface area (Å²) in [7, 11) is -12.9. The number of amides is 3. The fourth-order valence-corrected chi connectivity index (χ4v) is 14.8. The number of rotatable bonds is 13. The van der Waals surface area contributed by atoms with Crippen LogP contribution in [0.15, 0.2) is 112 Å². The van der Waals surface area contributed by atoms with Crippen molar-refractivity contribution in [2.75, 3.05) is 68.4 Å². The zero-order valence-electron chi connectivity index (χ0n) is 47.9. The zero-order chi connectivity index (χ0) is 67.2. The van der Waals surface area contributed by atoms with Crippen LogP contribution in [0.25, 0.3) is 0 Å². The Morgan fingerprint density at radius 1 is 0.457 bits per heavy atom. The van der Waals surface area contributed by atoms with Gasteiger partial charge in [-0.05, 0) is 130 Å². The molecule has 3 atom stereocenters. The first kappa shape index (κ1) is 70.8. The summed E-state index contributed by atoms with van der Waals surface area (Å²) in [5, 5.41) is 36.7. The second-order valence-electron chi connectivity index (χ2n) is 21.7. The number of halogens is 11. The third-order valence-electron chi connectivity index (χ3n) is 15.0. The molecule has 33 heteroatoms.